The molecule has 1 aromatic rings. The number of aromatic nitrogens is 4. The average Bonchev–Trinajstić information content (AvgIpc) is 2.82. The number of aromatic amines is 1. The first-order valence-corrected chi connectivity index (χ1v) is 5.12. The van der Waals surface area contributed by atoms with E-state index in [0.717, 1.165) is 31.5 Å². The van der Waals surface area contributed by atoms with Gasteiger partial charge in [-0.3, -0.25) is 4.79 Å². The fraction of sp³-hybridized carbons (Fsp3) is 0.778. The van der Waals surface area contributed by atoms with Gasteiger partial charge in [0.2, 0.25) is 0 Å². The first kappa shape index (κ1) is 10.1. The van der Waals surface area contributed by atoms with Crippen molar-refractivity contribution in [1.29, 1.82) is 0 Å². The summed E-state index contributed by atoms with van der Waals surface area (Å²) >= 11 is 0. The molecule has 1 aliphatic rings. The maximum absolute atomic E-state index is 11.3. The number of carbonyl (C=O) groups excluding carboxylic acids is 1. The van der Waals surface area contributed by atoms with Crippen LogP contribution in [0.5, 0.6) is 0 Å². The predicted molar refractivity (Wildman–Crippen MR) is 50.9 cm³/mol. The molecule has 0 atom stereocenters. The van der Waals surface area contributed by atoms with Gasteiger partial charge in [-0.1, -0.05) is 0 Å². The number of H-pyrrole nitrogens is 1. The van der Waals surface area contributed by atoms with Gasteiger partial charge >= 0.3 is 5.97 Å². The van der Waals surface area contributed by atoms with Gasteiger partial charge in [-0.15, -0.1) is 5.10 Å². The van der Waals surface area contributed by atoms with Crippen LogP contribution in [0, 0.1) is 5.92 Å². The van der Waals surface area contributed by atoms with Crippen molar-refractivity contribution in [1.82, 2.24) is 20.6 Å². The molecule has 0 unspecified atom stereocenters. The number of ether oxygens (including phenoxy) is 1. The first-order valence-electron chi connectivity index (χ1n) is 5.12. The molecule has 15 heavy (non-hydrogen) atoms. The van der Waals surface area contributed by atoms with Gasteiger partial charge in [0.05, 0.1) is 13.0 Å². The Morgan fingerprint density at radius 1 is 1.40 bits per heavy atom. The Kier molecular flexibility index (Phi) is 2.94. The van der Waals surface area contributed by atoms with E-state index in [-0.39, 0.29) is 11.9 Å². The predicted octanol–water partition coefficient (Wildman–Crippen LogP) is 0.646. The van der Waals surface area contributed by atoms with E-state index in [4.69, 9.17) is 4.74 Å². The summed E-state index contributed by atoms with van der Waals surface area (Å²) < 4.78 is 4.73. The Hall–Kier alpha value is -1.46. The second kappa shape index (κ2) is 4.37. The van der Waals surface area contributed by atoms with Crippen molar-refractivity contribution in [3.05, 3.63) is 5.82 Å². The number of nitrogens with zero attached hydrogens (tertiary/aromatic N) is 3. The normalized spacial score (nSPS) is 26.2. The number of methoxy groups -OCH3 is 1. The van der Waals surface area contributed by atoms with E-state index in [9.17, 15) is 4.79 Å². The van der Waals surface area contributed by atoms with Crippen molar-refractivity contribution in [3.8, 4) is 0 Å². The minimum atomic E-state index is -0.0934. The Bertz CT molecular complexity index is 317. The zero-order valence-electron chi connectivity index (χ0n) is 8.64. The maximum atomic E-state index is 11.3. The van der Waals surface area contributed by atoms with Gasteiger partial charge in [0.25, 0.3) is 0 Å². The highest BCUT2D eigenvalue weighted by molar-refractivity contribution is 5.72. The van der Waals surface area contributed by atoms with Gasteiger partial charge in [-0.25, -0.2) is 5.10 Å². The van der Waals surface area contributed by atoms with E-state index in [0.29, 0.717) is 5.92 Å². The molecule has 6 heteroatoms. The Labute approximate surface area is 87.4 Å². The summed E-state index contributed by atoms with van der Waals surface area (Å²) in [6, 6.07) is 0. The minimum Gasteiger partial charge on any atom is -0.469 e. The molecule has 0 amide bonds. The van der Waals surface area contributed by atoms with Gasteiger partial charge in [-0.2, -0.15) is 0 Å². The van der Waals surface area contributed by atoms with Crippen molar-refractivity contribution >= 4 is 5.97 Å². The molecule has 1 aliphatic carbocycles. The summed E-state index contributed by atoms with van der Waals surface area (Å²) in [4.78, 5) is 11.3. The van der Waals surface area contributed by atoms with E-state index >= 15 is 0 Å². The second-order valence-corrected chi connectivity index (χ2v) is 3.86. The fourth-order valence-corrected chi connectivity index (χ4v) is 2.11. The third-order valence-corrected chi connectivity index (χ3v) is 3.01. The molecular formula is C9H14N4O2. The smallest absolute Gasteiger partial charge is 0.308 e. The quantitative estimate of drug-likeness (QED) is 0.725. The van der Waals surface area contributed by atoms with Crippen molar-refractivity contribution in [2.45, 2.75) is 31.6 Å². The van der Waals surface area contributed by atoms with E-state index in [1.165, 1.54) is 7.11 Å². The lowest BCUT2D eigenvalue weighted by Crippen LogP contribution is -2.22. The standard InChI is InChI=1S/C9H14N4O2/c1-15-9(14)7-4-2-6(3-5-7)8-10-12-13-11-8/h6-7H,2-5H2,1H3,(H,10,11,12,13)/t6-,7-. The lowest BCUT2D eigenvalue weighted by molar-refractivity contribution is -0.146. The molecule has 2 rings (SSSR count). The number of tetrazole rings is 1. The van der Waals surface area contributed by atoms with Crippen molar-refractivity contribution < 1.29 is 9.53 Å². The van der Waals surface area contributed by atoms with Crippen LogP contribution in [0.3, 0.4) is 0 Å². The zero-order valence-corrected chi connectivity index (χ0v) is 8.64. The summed E-state index contributed by atoms with van der Waals surface area (Å²) in [5, 5.41) is 13.8. The van der Waals surface area contributed by atoms with Crippen molar-refractivity contribution in [3.63, 3.8) is 0 Å². The second-order valence-electron chi connectivity index (χ2n) is 3.86. The highest BCUT2D eigenvalue weighted by Crippen LogP contribution is 2.34. The molecule has 0 saturated heterocycles. The first-order chi connectivity index (χ1) is 7.31. The minimum absolute atomic E-state index is 0.0575. The Morgan fingerprint density at radius 2 is 2.13 bits per heavy atom. The third-order valence-electron chi connectivity index (χ3n) is 3.01. The van der Waals surface area contributed by atoms with E-state index in [1.54, 1.807) is 0 Å². The molecule has 1 N–H and O–H groups in total. The molecule has 0 aromatic carbocycles. The zero-order chi connectivity index (χ0) is 10.7. The van der Waals surface area contributed by atoms with Crippen LogP contribution in [0.1, 0.15) is 37.4 Å². The van der Waals surface area contributed by atoms with Crippen LogP contribution in [0.4, 0.5) is 0 Å². The van der Waals surface area contributed by atoms with Crippen LogP contribution in [0.15, 0.2) is 0 Å². The Morgan fingerprint density at radius 3 is 2.67 bits per heavy atom. The molecule has 0 radical (unpaired) electrons. The van der Waals surface area contributed by atoms with Crippen molar-refractivity contribution in [2.24, 2.45) is 5.92 Å². The van der Waals surface area contributed by atoms with Gasteiger partial charge in [0, 0.05) is 5.92 Å². The molecule has 6 nitrogen and oxygen atoms in total. The monoisotopic (exact) mass is 210 g/mol. The molecule has 1 fully saturated rings. The van der Waals surface area contributed by atoms with Gasteiger partial charge in [0.1, 0.15) is 0 Å². The summed E-state index contributed by atoms with van der Waals surface area (Å²) in [5.74, 6) is 1.16. The highest BCUT2D eigenvalue weighted by atomic mass is 16.5. The molecule has 0 bridgehead atoms. The van der Waals surface area contributed by atoms with E-state index < -0.39 is 0 Å². The number of carbonyl (C=O) groups is 1. The van der Waals surface area contributed by atoms with Crippen LogP contribution >= 0.6 is 0 Å². The number of esters is 1. The molecular weight excluding hydrogens is 196 g/mol. The number of rotatable bonds is 2. The SMILES string of the molecule is COC(=O)[C@H]1CC[C@H](c2nnn[nH]2)CC1. The summed E-state index contributed by atoms with van der Waals surface area (Å²) in [6.07, 6.45) is 3.60. The van der Waals surface area contributed by atoms with Gasteiger partial charge < -0.3 is 4.74 Å². The van der Waals surface area contributed by atoms with E-state index in [2.05, 4.69) is 20.6 Å². The van der Waals surface area contributed by atoms with Crippen LogP contribution in [0.25, 0.3) is 0 Å². The molecule has 1 aromatic heterocycles. The van der Waals surface area contributed by atoms with Crippen LogP contribution in [0.2, 0.25) is 0 Å². The molecule has 82 valence electrons. The molecule has 0 aliphatic heterocycles. The van der Waals surface area contributed by atoms with Gasteiger partial charge in [-0.05, 0) is 36.1 Å². The summed E-state index contributed by atoms with van der Waals surface area (Å²) in [5.41, 5.74) is 0. The average molecular weight is 210 g/mol. The van der Waals surface area contributed by atoms with Gasteiger partial charge in [0.15, 0.2) is 5.82 Å². The maximum Gasteiger partial charge on any atom is 0.308 e. The largest absolute Gasteiger partial charge is 0.469 e. The topological polar surface area (TPSA) is 80.8 Å². The van der Waals surface area contributed by atoms with Crippen molar-refractivity contribution in [2.75, 3.05) is 7.11 Å². The fourth-order valence-electron chi connectivity index (χ4n) is 2.11. The van der Waals surface area contributed by atoms with Crippen LogP contribution in [-0.2, 0) is 9.53 Å². The number of hydrogen-bond acceptors (Lipinski definition) is 5. The van der Waals surface area contributed by atoms with E-state index in [1.807, 2.05) is 0 Å². The molecule has 1 heterocycles. The third kappa shape index (κ3) is 2.14. The van der Waals surface area contributed by atoms with Crippen LogP contribution in [-0.4, -0.2) is 33.7 Å². The molecule has 1 saturated carbocycles. The highest BCUT2D eigenvalue weighted by Gasteiger charge is 2.28. The lowest BCUT2D eigenvalue weighted by Gasteiger charge is -2.24. The number of nitrogens with one attached hydrogen (secondary N) is 1. The summed E-state index contributed by atoms with van der Waals surface area (Å²) in [7, 11) is 1.44. The lowest BCUT2D eigenvalue weighted by atomic mass is 9.82. The molecule has 0 spiro atoms. The summed E-state index contributed by atoms with van der Waals surface area (Å²) in [6.45, 7) is 0. The number of hydrogen-bond donors (Lipinski definition) is 1. The van der Waals surface area contributed by atoms with Crippen LogP contribution < -0.4 is 0 Å². The Balaban J connectivity index is 1.90.